The first kappa shape index (κ1) is 17.9. The molecule has 0 spiro atoms. The molecule has 6 heteroatoms. The minimum Gasteiger partial charge on any atom is -0.393 e. The van der Waals surface area contributed by atoms with Gasteiger partial charge in [0.15, 0.2) is 0 Å². The van der Waals surface area contributed by atoms with Crippen LogP contribution in [0.5, 0.6) is 0 Å². The van der Waals surface area contributed by atoms with Crippen molar-refractivity contribution in [3.63, 3.8) is 0 Å². The van der Waals surface area contributed by atoms with E-state index in [2.05, 4.69) is 5.32 Å². The molecule has 0 aliphatic heterocycles. The summed E-state index contributed by atoms with van der Waals surface area (Å²) in [7, 11) is 0.779. The van der Waals surface area contributed by atoms with Gasteiger partial charge in [0, 0.05) is 48.0 Å². The number of amides is 2. The first-order chi connectivity index (χ1) is 11.0. The molecular weight excluding hydrogens is 312 g/mol. The monoisotopic (exact) mass is 338 g/mol. The van der Waals surface area contributed by atoms with Crippen LogP contribution in [0.4, 0.5) is 4.79 Å². The van der Waals surface area contributed by atoms with Crippen molar-refractivity contribution in [2.45, 2.75) is 43.2 Å². The molecule has 5 nitrogen and oxygen atoms in total. The fourth-order valence-electron chi connectivity index (χ4n) is 2.95. The van der Waals surface area contributed by atoms with Crippen molar-refractivity contribution in [2.75, 3.05) is 19.8 Å². The number of hydrogen-bond donors (Lipinski definition) is 2. The maximum atomic E-state index is 12.2. The van der Waals surface area contributed by atoms with Gasteiger partial charge in [-0.2, -0.15) is 0 Å². The Kier molecular flexibility index (Phi) is 6.59. The van der Waals surface area contributed by atoms with E-state index in [0.29, 0.717) is 13.1 Å². The molecule has 0 heterocycles. The van der Waals surface area contributed by atoms with Crippen molar-refractivity contribution in [3.05, 3.63) is 29.8 Å². The van der Waals surface area contributed by atoms with Gasteiger partial charge in [0.25, 0.3) is 0 Å². The van der Waals surface area contributed by atoms with Crippen molar-refractivity contribution < 1.29 is 14.1 Å². The van der Waals surface area contributed by atoms with Crippen molar-refractivity contribution in [1.82, 2.24) is 10.2 Å². The molecule has 3 unspecified atom stereocenters. The Morgan fingerprint density at radius 2 is 1.96 bits per heavy atom. The lowest BCUT2D eigenvalue weighted by atomic mass is 9.86. The number of carbonyl (C=O) groups is 1. The Bertz CT molecular complexity index is 547. The summed E-state index contributed by atoms with van der Waals surface area (Å²) in [6.07, 6.45) is 5.38. The van der Waals surface area contributed by atoms with Crippen LogP contribution in [0, 0.1) is 5.92 Å². The molecule has 1 aliphatic rings. The fraction of sp³-hybridized carbons (Fsp3) is 0.588. The van der Waals surface area contributed by atoms with Crippen molar-refractivity contribution in [2.24, 2.45) is 5.92 Å². The van der Waals surface area contributed by atoms with E-state index in [4.69, 9.17) is 0 Å². The highest BCUT2D eigenvalue weighted by Gasteiger charge is 2.25. The first-order valence-electron chi connectivity index (χ1n) is 8.06. The van der Waals surface area contributed by atoms with Crippen LogP contribution in [0.25, 0.3) is 0 Å². The topological polar surface area (TPSA) is 69.6 Å². The number of benzene rings is 1. The zero-order valence-corrected chi connectivity index (χ0v) is 14.6. The molecule has 1 saturated carbocycles. The van der Waals surface area contributed by atoms with Gasteiger partial charge in [-0.1, -0.05) is 25.0 Å². The third-order valence-electron chi connectivity index (χ3n) is 4.42. The normalized spacial score (nSPS) is 22.4. The molecule has 1 aromatic rings. The van der Waals surface area contributed by atoms with Gasteiger partial charge in [-0.3, -0.25) is 4.21 Å². The second-order valence-corrected chi connectivity index (χ2v) is 7.63. The van der Waals surface area contributed by atoms with E-state index in [1.54, 1.807) is 18.2 Å². The van der Waals surface area contributed by atoms with Crippen molar-refractivity contribution in [3.8, 4) is 0 Å². The van der Waals surface area contributed by atoms with E-state index >= 15 is 0 Å². The molecule has 2 N–H and O–H groups in total. The average Bonchev–Trinajstić information content (AvgIpc) is 2.55. The third-order valence-corrected chi connectivity index (χ3v) is 5.36. The van der Waals surface area contributed by atoms with Gasteiger partial charge in [0.05, 0.1) is 6.10 Å². The van der Waals surface area contributed by atoms with E-state index in [9.17, 15) is 14.1 Å². The molecular formula is C17H26N2O3S. The number of nitrogens with zero attached hydrogens (tertiary/aromatic N) is 1. The van der Waals surface area contributed by atoms with Crippen LogP contribution in [-0.2, 0) is 17.3 Å². The van der Waals surface area contributed by atoms with E-state index in [1.165, 1.54) is 0 Å². The summed E-state index contributed by atoms with van der Waals surface area (Å²) in [5, 5.41) is 12.9. The lowest BCUT2D eigenvalue weighted by Gasteiger charge is -2.31. The average molecular weight is 338 g/mol. The van der Waals surface area contributed by atoms with Crippen LogP contribution in [0.15, 0.2) is 29.2 Å². The summed E-state index contributed by atoms with van der Waals surface area (Å²) in [5.41, 5.74) is 0.971. The molecule has 0 saturated heterocycles. The van der Waals surface area contributed by atoms with Crippen molar-refractivity contribution in [1.29, 1.82) is 0 Å². The zero-order chi connectivity index (χ0) is 16.8. The first-order valence-corrected chi connectivity index (χ1v) is 9.62. The van der Waals surface area contributed by atoms with Gasteiger partial charge in [0.2, 0.25) is 0 Å². The number of hydrogen-bond acceptors (Lipinski definition) is 3. The largest absolute Gasteiger partial charge is 0.393 e. The van der Waals surface area contributed by atoms with E-state index < -0.39 is 10.8 Å². The Morgan fingerprint density at radius 3 is 2.57 bits per heavy atom. The molecule has 2 rings (SSSR count). The van der Waals surface area contributed by atoms with Crippen LogP contribution >= 0.6 is 0 Å². The van der Waals surface area contributed by atoms with Crippen LogP contribution < -0.4 is 5.32 Å². The number of rotatable bonds is 5. The number of aliphatic hydroxyl groups excluding tert-OH is 1. The van der Waals surface area contributed by atoms with Gasteiger partial charge in [-0.25, -0.2) is 4.79 Å². The van der Waals surface area contributed by atoms with E-state index in [0.717, 1.165) is 36.1 Å². The second kappa shape index (κ2) is 8.45. The van der Waals surface area contributed by atoms with Gasteiger partial charge >= 0.3 is 6.03 Å². The number of carbonyl (C=O) groups excluding carboxylic acids is 1. The van der Waals surface area contributed by atoms with Crippen LogP contribution in [0.3, 0.4) is 0 Å². The van der Waals surface area contributed by atoms with Gasteiger partial charge in [-0.15, -0.1) is 0 Å². The summed E-state index contributed by atoms with van der Waals surface area (Å²) in [5.74, 6) is 0.179. The summed E-state index contributed by atoms with van der Waals surface area (Å²) < 4.78 is 11.3. The van der Waals surface area contributed by atoms with Gasteiger partial charge < -0.3 is 15.3 Å². The molecule has 128 valence electrons. The molecule has 0 radical (unpaired) electrons. The van der Waals surface area contributed by atoms with E-state index in [-0.39, 0.29) is 18.1 Å². The predicted molar refractivity (Wildman–Crippen MR) is 91.6 cm³/mol. The third kappa shape index (κ3) is 5.32. The van der Waals surface area contributed by atoms with Gasteiger partial charge in [0.1, 0.15) is 0 Å². The Morgan fingerprint density at radius 1 is 1.30 bits per heavy atom. The zero-order valence-electron chi connectivity index (χ0n) is 13.8. The maximum Gasteiger partial charge on any atom is 0.317 e. The van der Waals surface area contributed by atoms with Crippen LogP contribution in [0.2, 0.25) is 0 Å². The lowest BCUT2D eigenvalue weighted by molar-refractivity contribution is 0.0565. The predicted octanol–water partition coefficient (Wildman–Crippen LogP) is 2.12. The number of aliphatic hydroxyl groups is 1. The highest BCUT2D eigenvalue weighted by atomic mass is 32.2. The minimum atomic E-state index is -0.984. The Hall–Kier alpha value is -1.40. The summed E-state index contributed by atoms with van der Waals surface area (Å²) in [6, 6.07) is 7.26. The van der Waals surface area contributed by atoms with Gasteiger partial charge in [-0.05, 0) is 30.5 Å². The molecule has 2 amide bonds. The molecule has 1 aromatic carbocycles. The van der Waals surface area contributed by atoms with Crippen LogP contribution in [-0.4, -0.2) is 46.2 Å². The second-order valence-electron chi connectivity index (χ2n) is 6.25. The standard InChI is InChI=1S/C17H26N2O3S/c1-19(12-14-5-3-4-6-16(14)20)17(21)18-11-13-7-9-15(10-8-13)23(2)22/h7-10,14,16,20H,3-6,11-12H2,1-2H3,(H,18,21). The highest BCUT2D eigenvalue weighted by Crippen LogP contribution is 2.24. The minimum absolute atomic E-state index is 0.133. The molecule has 3 atom stereocenters. The SMILES string of the molecule is CN(CC1CCCCC1O)C(=O)NCc1ccc(S(C)=O)cc1. The van der Waals surface area contributed by atoms with Crippen molar-refractivity contribution >= 4 is 16.8 Å². The fourth-order valence-corrected chi connectivity index (χ4v) is 3.47. The molecule has 0 bridgehead atoms. The molecule has 1 aliphatic carbocycles. The highest BCUT2D eigenvalue weighted by molar-refractivity contribution is 7.84. The summed E-state index contributed by atoms with van der Waals surface area (Å²) >= 11 is 0. The quantitative estimate of drug-likeness (QED) is 0.864. The Labute approximate surface area is 140 Å². The molecule has 0 aromatic heterocycles. The summed E-state index contributed by atoms with van der Waals surface area (Å²) in [6.45, 7) is 1.02. The molecule has 1 fully saturated rings. The van der Waals surface area contributed by atoms with Crippen LogP contribution in [0.1, 0.15) is 31.2 Å². The van der Waals surface area contributed by atoms with E-state index in [1.807, 2.05) is 24.3 Å². The lowest BCUT2D eigenvalue weighted by Crippen LogP contribution is -2.42. The maximum absolute atomic E-state index is 12.2. The Balaban J connectivity index is 1.80. The number of urea groups is 1. The molecule has 23 heavy (non-hydrogen) atoms. The number of nitrogens with one attached hydrogen (secondary N) is 1. The smallest absolute Gasteiger partial charge is 0.317 e. The summed E-state index contributed by atoms with van der Waals surface area (Å²) in [4.78, 5) is 14.6.